The second kappa shape index (κ2) is 7.54. The maximum atomic E-state index is 13.1. The van der Waals surface area contributed by atoms with Crippen molar-refractivity contribution < 1.29 is 4.79 Å². The number of thiophene rings is 2. The van der Waals surface area contributed by atoms with Crippen LogP contribution in [0.2, 0.25) is 0 Å². The second-order valence-electron chi connectivity index (χ2n) is 6.63. The summed E-state index contributed by atoms with van der Waals surface area (Å²) >= 11 is 6.56. The van der Waals surface area contributed by atoms with Crippen molar-refractivity contribution in [2.24, 2.45) is 0 Å². The van der Waals surface area contributed by atoms with Crippen LogP contribution in [0.5, 0.6) is 0 Å². The Hall–Kier alpha value is -1.42. The van der Waals surface area contributed by atoms with Gasteiger partial charge in [-0.25, -0.2) is 0 Å². The van der Waals surface area contributed by atoms with E-state index in [-0.39, 0.29) is 11.9 Å². The van der Waals surface area contributed by atoms with Gasteiger partial charge in [0.15, 0.2) is 4.34 Å². The smallest absolute Gasteiger partial charge is 0.233 e. The Bertz CT molecular complexity index is 931. The summed E-state index contributed by atoms with van der Waals surface area (Å²) < 4.78 is 0.854. The molecule has 0 unspecified atom stereocenters. The molecule has 0 saturated heterocycles. The number of rotatable bonds is 6. The molecule has 1 amide bonds. The van der Waals surface area contributed by atoms with E-state index in [9.17, 15) is 4.79 Å². The fourth-order valence-corrected chi connectivity index (χ4v) is 6.75. The standard InChI is InChI=1S/C18H18N4OS4/c23-15(10-26-18-21-20-17(27-18)19-11-3-4-11)22-7-5-13-12(6-9-25-13)16(22)14-2-1-8-24-14/h1-2,6,8-9,11,16H,3-5,7,10H2,(H,19,20)/t16-/m1/s1. The number of carbonyl (C=O) groups excluding carboxylic acids is 1. The zero-order valence-electron chi connectivity index (χ0n) is 14.5. The lowest BCUT2D eigenvalue weighted by atomic mass is 9.98. The molecule has 5 nitrogen and oxygen atoms in total. The van der Waals surface area contributed by atoms with Gasteiger partial charge in [0, 0.05) is 22.3 Å². The third-order valence-electron chi connectivity index (χ3n) is 4.73. The van der Waals surface area contributed by atoms with Gasteiger partial charge >= 0.3 is 0 Å². The van der Waals surface area contributed by atoms with E-state index in [1.54, 1.807) is 34.0 Å². The molecule has 1 fully saturated rings. The van der Waals surface area contributed by atoms with Gasteiger partial charge in [-0.05, 0) is 47.7 Å². The minimum absolute atomic E-state index is 0.0506. The van der Waals surface area contributed by atoms with Crippen LogP contribution in [0.25, 0.3) is 0 Å². The molecule has 0 radical (unpaired) electrons. The third kappa shape index (κ3) is 3.78. The fraction of sp³-hybridized carbons (Fsp3) is 0.389. The Morgan fingerprint density at radius 2 is 2.19 bits per heavy atom. The van der Waals surface area contributed by atoms with Gasteiger partial charge in [0.2, 0.25) is 11.0 Å². The van der Waals surface area contributed by atoms with E-state index in [1.807, 2.05) is 4.90 Å². The Morgan fingerprint density at radius 1 is 1.26 bits per heavy atom. The van der Waals surface area contributed by atoms with Crippen molar-refractivity contribution in [2.45, 2.75) is 35.7 Å². The zero-order chi connectivity index (χ0) is 18.2. The first kappa shape index (κ1) is 17.7. The van der Waals surface area contributed by atoms with Crippen molar-refractivity contribution in [1.29, 1.82) is 0 Å². The van der Waals surface area contributed by atoms with Crippen LogP contribution in [0, 0.1) is 0 Å². The minimum atomic E-state index is 0.0506. The van der Waals surface area contributed by atoms with E-state index in [1.165, 1.54) is 39.9 Å². The van der Waals surface area contributed by atoms with Gasteiger partial charge in [-0.1, -0.05) is 29.2 Å². The van der Waals surface area contributed by atoms with Crippen molar-refractivity contribution in [2.75, 3.05) is 17.6 Å². The molecule has 2 aliphatic rings. The molecule has 9 heteroatoms. The molecule has 1 aliphatic heterocycles. The summed E-state index contributed by atoms with van der Waals surface area (Å²) in [6.45, 7) is 0.778. The van der Waals surface area contributed by atoms with Crippen LogP contribution in [0.4, 0.5) is 5.13 Å². The van der Waals surface area contributed by atoms with Gasteiger partial charge in [0.05, 0.1) is 11.8 Å². The molecular weight excluding hydrogens is 416 g/mol. The number of fused-ring (bicyclic) bond motifs is 1. The van der Waals surface area contributed by atoms with Crippen LogP contribution in [0.1, 0.15) is 34.2 Å². The summed E-state index contributed by atoms with van der Waals surface area (Å²) in [5.41, 5.74) is 1.29. The Balaban J connectivity index is 1.29. The SMILES string of the molecule is O=C(CSc1nnc(NC2CC2)s1)N1CCc2sccc2[C@@H]1c1cccs1. The number of thioether (sulfide) groups is 1. The number of hydrogen-bond donors (Lipinski definition) is 1. The normalized spacial score (nSPS) is 19.1. The van der Waals surface area contributed by atoms with Crippen molar-refractivity contribution in [3.63, 3.8) is 0 Å². The molecule has 1 atom stereocenters. The van der Waals surface area contributed by atoms with Crippen LogP contribution in [0.3, 0.4) is 0 Å². The summed E-state index contributed by atoms with van der Waals surface area (Å²) in [6.07, 6.45) is 3.37. The minimum Gasteiger partial charge on any atom is -0.357 e. The Kier molecular flexibility index (Phi) is 4.93. The Morgan fingerprint density at radius 3 is 3.00 bits per heavy atom. The van der Waals surface area contributed by atoms with E-state index >= 15 is 0 Å². The van der Waals surface area contributed by atoms with E-state index in [0.717, 1.165) is 22.4 Å². The topological polar surface area (TPSA) is 58.1 Å². The van der Waals surface area contributed by atoms with Gasteiger partial charge in [0.25, 0.3) is 0 Å². The van der Waals surface area contributed by atoms with Crippen molar-refractivity contribution in [3.05, 3.63) is 44.3 Å². The molecule has 0 spiro atoms. The fourth-order valence-electron chi connectivity index (χ4n) is 3.27. The second-order valence-corrected chi connectivity index (χ2v) is 10.8. The molecule has 5 rings (SSSR count). The van der Waals surface area contributed by atoms with E-state index in [4.69, 9.17) is 0 Å². The lowest BCUT2D eigenvalue weighted by molar-refractivity contribution is -0.130. The first-order valence-corrected chi connectivity index (χ1v) is 12.5. The largest absolute Gasteiger partial charge is 0.357 e. The van der Waals surface area contributed by atoms with E-state index in [0.29, 0.717) is 11.8 Å². The lowest BCUT2D eigenvalue weighted by Gasteiger charge is -2.35. The third-order valence-corrected chi connectivity index (χ3v) is 8.62. The summed E-state index contributed by atoms with van der Waals surface area (Å²) in [5.74, 6) is 0.571. The Labute approximate surface area is 173 Å². The molecule has 4 heterocycles. The van der Waals surface area contributed by atoms with Crippen LogP contribution >= 0.6 is 45.8 Å². The molecule has 1 N–H and O–H groups in total. The molecule has 27 heavy (non-hydrogen) atoms. The molecule has 0 aromatic carbocycles. The van der Waals surface area contributed by atoms with E-state index in [2.05, 4.69) is 44.5 Å². The average molecular weight is 435 g/mol. The molecule has 1 aliphatic carbocycles. The predicted molar refractivity (Wildman–Crippen MR) is 113 cm³/mol. The van der Waals surface area contributed by atoms with Crippen LogP contribution < -0.4 is 5.32 Å². The first-order valence-electron chi connectivity index (χ1n) is 8.90. The zero-order valence-corrected chi connectivity index (χ0v) is 17.7. The summed E-state index contributed by atoms with van der Waals surface area (Å²) in [4.78, 5) is 17.7. The summed E-state index contributed by atoms with van der Waals surface area (Å²) in [5, 5.41) is 16.8. The van der Waals surface area contributed by atoms with Gasteiger partial charge in [-0.3, -0.25) is 4.79 Å². The van der Waals surface area contributed by atoms with Gasteiger partial charge in [0.1, 0.15) is 0 Å². The van der Waals surface area contributed by atoms with E-state index < -0.39 is 0 Å². The van der Waals surface area contributed by atoms with Gasteiger partial charge in [-0.15, -0.1) is 32.9 Å². The summed E-state index contributed by atoms with van der Waals surface area (Å²) in [7, 11) is 0. The molecular formula is C18H18N4OS4. The van der Waals surface area contributed by atoms with Crippen LogP contribution in [-0.2, 0) is 11.2 Å². The highest BCUT2D eigenvalue weighted by atomic mass is 32.2. The number of anilines is 1. The molecule has 1 saturated carbocycles. The first-order chi connectivity index (χ1) is 13.3. The molecule has 3 aromatic rings. The predicted octanol–water partition coefficient (Wildman–Crippen LogP) is 4.50. The number of hydrogen-bond acceptors (Lipinski definition) is 8. The van der Waals surface area contributed by atoms with Crippen LogP contribution in [-0.4, -0.2) is 39.3 Å². The highest BCUT2D eigenvalue weighted by molar-refractivity contribution is 8.01. The van der Waals surface area contributed by atoms with Crippen molar-refractivity contribution in [1.82, 2.24) is 15.1 Å². The molecule has 3 aromatic heterocycles. The van der Waals surface area contributed by atoms with Crippen molar-refractivity contribution >= 4 is 56.8 Å². The monoisotopic (exact) mass is 434 g/mol. The average Bonchev–Trinajstić information content (AvgIpc) is 3.13. The number of carbonyl (C=O) groups is 1. The molecule has 0 bridgehead atoms. The maximum absolute atomic E-state index is 13.1. The number of nitrogens with one attached hydrogen (secondary N) is 1. The highest BCUT2D eigenvalue weighted by Crippen LogP contribution is 2.40. The molecule has 140 valence electrons. The summed E-state index contributed by atoms with van der Waals surface area (Å²) in [6, 6.07) is 6.99. The maximum Gasteiger partial charge on any atom is 0.233 e. The van der Waals surface area contributed by atoms with Crippen molar-refractivity contribution in [3.8, 4) is 0 Å². The number of aromatic nitrogens is 2. The number of amides is 1. The van der Waals surface area contributed by atoms with Gasteiger partial charge < -0.3 is 10.2 Å². The van der Waals surface area contributed by atoms with Crippen LogP contribution in [0.15, 0.2) is 33.3 Å². The van der Waals surface area contributed by atoms with Gasteiger partial charge in [-0.2, -0.15) is 0 Å². The quantitative estimate of drug-likeness (QED) is 0.579. The lowest BCUT2D eigenvalue weighted by Crippen LogP contribution is -2.40. The number of nitrogens with zero attached hydrogens (tertiary/aromatic N) is 3. The highest BCUT2D eigenvalue weighted by Gasteiger charge is 2.33.